The van der Waals surface area contributed by atoms with Crippen LogP contribution in [0.5, 0.6) is 5.75 Å². The maximum Gasteiger partial charge on any atom is 0.246 e. The molecule has 0 aromatic heterocycles. The highest BCUT2D eigenvalue weighted by atomic mass is 32.2. The average molecular weight is 285 g/mol. The lowest BCUT2D eigenvalue weighted by molar-refractivity contribution is 0.118. The Bertz CT molecular complexity index is 527. The molecule has 0 saturated carbocycles. The van der Waals surface area contributed by atoms with Gasteiger partial charge in [-0.05, 0) is 30.9 Å². The predicted octanol–water partition coefficient (Wildman–Crippen LogP) is 1.44. The molecule has 1 saturated heterocycles. The highest BCUT2D eigenvalue weighted by Gasteiger charge is 2.31. The van der Waals surface area contributed by atoms with E-state index < -0.39 is 10.0 Å². The summed E-state index contributed by atoms with van der Waals surface area (Å²) in [7, 11) is -1.99. The third-order valence-electron chi connectivity index (χ3n) is 3.37. The molecule has 1 N–H and O–H groups in total. The molecule has 1 aromatic rings. The smallest absolute Gasteiger partial charge is 0.246 e. The first-order valence-electron chi connectivity index (χ1n) is 6.33. The minimum Gasteiger partial charge on any atom is -0.507 e. The summed E-state index contributed by atoms with van der Waals surface area (Å²) in [6.45, 7) is 1.51. The van der Waals surface area contributed by atoms with Crippen molar-refractivity contribution in [1.82, 2.24) is 4.31 Å². The zero-order valence-electron chi connectivity index (χ0n) is 10.9. The van der Waals surface area contributed by atoms with Gasteiger partial charge in [0.05, 0.1) is 6.61 Å². The van der Waals surface area contributed by atoms with Gasteiger partial charge in [-0.15, -0.1) is 0 Å². The fourth-order valence-electron chi connectivity index (χ4n) is 2.43. The normalized spacial score (nSPS) is 21.4. The minimum atomic E-state index is -3.62. The lowest BCUT2D eigenvalue weighted by Crippen LogP contribution is -2.41. The van der Waals surface area contributed by atoms with Crippen LogP contribution in [0.4, 0.5) is 0 Å². The summed E-state index contributed by atoms with van der Waals surface area (Å²) < 4.78 is 31.5. The second-order valence-corrected chi connectivity index (χ2v) is 6.70. The van der Waals surface area contributed by atoms with Crippen LogP contribution in [0.1, 0.15) is 12.8 Å². The van der Waals surface area contributed by atoms with Crippen LogP contribution in [0.15, 0.2) is 29.2 Å². The summed E-state index contributed by atoms with van der Waals surface area (Å²) in [6.07, 6.45) is 1.79. The molecular weight excluding hydrogens is 266 g/mol. The summed E-state index contributed by atoms with van der Waals surface area (Å²) in [5, 5.41) is 9.72. The second kappa shape index (κ2) is 5.90. The molecule has 1 fully saturated rings. The van der Waals surface area contributed by atoms with Crippen molar-refractivity contribution in [2.24, 2.45) is 5.92 Å². The third kappa shape index (κ3) is 3.08. The molecule has 19 heavy (non-hydrogen) atoms. The van der Waals surface area contributed by atoms with E-state index in [1.807, 2.05) is 0 Å². The molecule has 1 heterocycles. The number of methoxy groups -OCH3 is 1. The molecule has 0 radical (unpaired) electrons. The van der Waals surface area contributed by atoms with Gasteiger partial charge in [0.1, 0.15) is 10.6 Å². The Morgan fingerprint density at radius 3 is 2.84 bits per heavy atom. The highest BCUT2D eigenvalue weighted by Crippen LogP contribution is 2.28. The van der Waals surface area contributed by atoms with Crippen LogP contribution in [0.3, 0.4) is 0 Å². The number of para-hydroxylation sites is 1. The highest BCUT2D eigenvalue weighted by molar-refractivity contribution is 7.89. The maximum absolute atomic E-state index is 12.5. The number of phenolic OH excluding ortho intramolecular Hbond substituents is 1. The first kappa shape index (κ1) is 14.3. The molecule has 1 unspecified atom stereocenters. The first-order chi connectivity index (χ1) is 9.05. The molecule has 0 aliphatic carbocycles. The molecule has 5 nitrogen and oxygen atoms in total. The predicted molar refractivity (Wildman–Crippen MR) is 71.5 cm³/mol. The van der Waals surface area contributed by atoms with Crippen LogP contribution >= 0.6 is 0 Å². The van der Waals surface area contributed by atoms with Gasteiger partial charge in [-0.3, -0.25) is 0 Å². The topological polar surface area (TPSA) is 66.8 Å². The van der Waals surface area contributed by atoms with Crippen molar-refractivity contribution >= 4 is 10.0 Å². The Morgan fingerprint density at radius 1 is 1.42 bits per heavy atom. The van der Waals surface area contributed by atoms with E-state index >= 15 is 0 Å². The molecule has 6 heteroatoms. The summed E-state index contributed by atoms with van der Waals surface area (Å²) in [6, 6.07) is 6.05. The number of ether oxygens (including phenoxy) is 1. The number of piperidine rings is 1. The molecule has 0 bridgehead atoms. The van der Waals surface area contributed by atoms with E-state index in [2.05, 4.69) is 0 Å². The van der Waals surface area contributed by atoms with Crippen LogP contribution in [-0.4, -0.2) is 44.6 Å². The van der Waals surface area contributed by atoms with Crippen molar-refractivity contribution < 1.29 is 18.3 Å². The monoisotopic (exact) mass is 285 g/mol. The fraction of sp³-hybridized carbons (Fsp3) is 0.538. The number of rotatable bonds is 4. The quantitative estimate of drug-likeness (QED) is 0.909. The fourth-order valence-corrected chi connectivity index (χ4v) is 4.07. The summed E-state index contributed by atoms with van der Waals surface area (Å²) >= 11 is 0. The molecule has 106 valence electrons. The molecular formula is C13H19NO4S. The molecule has 1 atom stereocenters. The first-order valence-corrected chi connectivity index (χ1v) is 7.77. The molecule has 0 spiro atoms. The van der Waals surface area contributed by atoms with Crippen LogP contribution < -0.4 is 0 Å². The van der Waals surface area contributed by atoms with Crippen LogP contribution in [0, 0.1) is 5.92 Å². The van der Waals surface area contributed by atoms with Gasteiger partial charge >= 0.3 is 0 Å². The minimum absolute atomic E-state index is 0.0203. The Labute approximate surface area is 113 Å². The summed E-state index contributed by atoms with van der Waals surface area (Å²) in [4.78, 5) is -0.0203. The van der Waals surface area contributed by atoms with Gasteiger partial charge in [0.25, 0.3) is 0 Å². The van der Waals surface area contributed by atoms with Gasteiger partial charge in [0.15, 0.2) is 0 Å². The maximum atomic E-state index is 12.5. The van der Waals surface area contributed by atoms with Crippen molar-refractivity contribution in [3.05, 3.63) is 24.3 Å². The number of aromatic hydroxyl groups is 1. The Balaban J connectivity index is 2.22. The van der Waals surface area contributed by atoms with Gasteiger partial charge in [-0.1, -0.05) is 12.1 Å². The number of hydrogen-bond acceptors (Lipinski definition) is 4. The largest absolute Gasteiger partial charge is 0.507 e. The molecule has 0 amide bonds. The Hall–Kier alpha value is -1.11. The number of phenols is 1. The molecule has 1 aromatic carbocycles. The average Bonchev–Trinajstić information content (AvgIpc) is 2.40. The number of hydrogen-bond donors (Lipinski definition) is 1. The van der Waals surface area contributed by atoms with Gasteiger partial charge in [-0.25, -0.2) is 8.42 Å². The van der Waals surface area contributed by atoms with E-state index in [-0.39, 0.29) is 16.6 Å². The van der Waals surface area contributed by atoms with Crippen molar-refractivity contribution in [2.45, 2.75) is 17.7 Å². The van der Waals surface area contributed by atoms with Gasteiger partial charge in [0.2, 0.25) is 10.0 Å². The summed E-state index contributed by atoms with van der Waals surface area (Å²) in [5.41, 5.74) is 0. The van der Waals surface area contributed by atoms with E-state index in [4.69, 9.17) is 4.74 Å². The lowest BCUT2D eigenvalue weighted by Gasteiger charge is -2.31. The van der Waals surface area contributed by atoms with Gasteiger partial charge in [0, 0.05) is 20.2 Å². The summed E-state index contributed by atoms with van der Waals surface area (Å²) in [5.74, 6) is 0.0238. The van der Waals surface area contributed by atoms with Crippen LogP contribution in [-0.2, 0) is 14.8 Å². The van der Waals surface area contributed by atoms with E-state index in [1.54, 1.807) is 19.2 Å². The number of benzene rings is 1. The second-order valence-electron chi connectivity index (χ2n) is 4.79. The van der Waals surface area contributed by atoms with E-state index in [0.717, 1.165) is 12.8 Å². The van der Waals surface area contributed by atoms with Crippen molar-refractivity contribution in [3.8, 4) is 5.75 Å². The SMILES string of the molecule is COCC1CCCN(S(=O)(=O)c2ccccc2O)C1. The standard InChI is InChI=1S/C13H19NO4S/c1-18-10-11-5-4-8-14(9-11)19(16,17)13-7-3-2-6-12(13)15/h2-3,6-7,11,15H,4-5,8-10H2,1H3. The van der Waals surface area contributed by atoms with Crippen LogP contribution in [0.25, 0.3) is 0 Å². The molecule has 1 aliphatic rings. The van der Waals surface area contributed by atoms with E-state index in [1.165, 1.54) is 16.4 Å². The van der Waals surface area contributed by atoms with Gasteiger partial charge < -0.3 is 9.84 Å². The van der Waals surface area contributed by atoms with Crippen molar-refractivity contribution in [3.63, 3.8) is 0 Å². The van der Waals surface area contributed by atoms with Crippen molar-refractivity contribution in [1.29, 1.82) is 0 Å². The molecule has 2 rings (SSSR count). The third-order valence-corrected chi connectivity index (χ3v) is 5.28. The Morgan fingerprint density at radius 2 is 2.16 bits per heavy atom. The zero-order chi connectivity index (χ0) is 13.9. The van der Waals surface area contributed by atoms with E-state index in [9.17, 15) is 13.5 Å². The lowest BCUT2D eigenvalue weighted by atomic mass is 10.0. The Kier molecular flexibility index (Phi) is 4.44. The van der Waals surface area contributed by atoms with Crippen LogP contribution in [0.2, 0.25) is 0 Å². The van der Waals surface area contributed by atoms with E-state index in [0.29, 0.717) is 19.7 Å². The van der Waals surface area contributed by atoms with Crippen molar-refractivity contribution in [2.75, 3.05) is 26.8 Å². The van der Waals surface area contributed by atoms with Gasteiger partial charge in [-0.2, -0.15) is 4.31 Å². The zero-order valence-corrected chi connectivity index (χ0v) is 11.8. The number of nitrogens with zero attached hydrogens (tertiary/aromatic N) is 1. The number of sulfonamides is 1. The molecule has 1 aliphatic heterocycles.